The topological polar surface area (TPSA) is 62.5 Å². The van der Waals surface area contributed by atoms with Crippen LogP contribution in [0.3, 0.4) is 0 Å². The molecule has 0 saturated carbocycles. The highest BCUT2D eigenvalue weighted by Gasteiger charge is 2.08. The molecule has 4 heteroatoms. The second-order valence-electron chi connectivity index (χ2n) is 4.37. The van der Waals surface area contributed by atoms with Gasteiger partial charge >= 0.3 is 5.97 Å². The Balaban J connectivity index is 1.92. The van der Waals surface area contributed by atoms with Crippen molar-refractivity contribution in [3.8, 4) is 0 Å². The van der Waals surface area contributed by atoms with Crippen molar-refractivity contribution in [1.29, 1.82) is 0 Å². The Morgan fingerprint density at radius 1 is 1.21 bits per heavy atom. The Kier molecular flexibility index (Phi) is 4.23. The third-order valence-electron chi connectivity index (χ3n) is 2.83. The summed E-state index contributed by atoms with van der Waals surface area (Å²) >= 11 is 0. The lowest BCUT2D eigenvalue weighted by Crippen LogP contribution is -1.98. The van der Waals surface area contributed by atoms with E-state index >= 15 is 0 Å². The van der Waals surface area contributed by atoms with Crippen molar-refractivity contribution in [2.45, 2.75) is 26.3 Å². The van der Waals surface area contributed by atoms with Gasteiger partial charge in [0.05, 0.1) is 6.54 Å². The van der Waals surface area contributed by atoms with E-state index in [9.17, 15) is 4.79 Å². The number of aryl methyl sites for hydroxylation is 1. The Bertz CT molecular complexity index is 543. The van der Waals surface area contributed by atoms with Gasteiger partial charge in [-0.15, -0.1) is 0 Å². The summed E-state index contributed by atoms with van der Waals surface area (Å²) in [6, 6.07) is 11.4. The number of carbonyl (C=O) groups is 1. The number of furan rings is 1. The molecule has 0 amide bonds. The van der Waals surface area contributed by atoms with Crippen molar-refractivity contribution in [2.24, 2.45) is 0 Å². The summed E-state index contributed by atoms with van der Waals surface area (Å²) in [4.78, 5) is 10.7. The second kappa shape index (κ2) is 6.09. The third-order valence-corrected chi connectivity index (χ3v) is 2.83. The van der Waals surface area contributed by atoms with E-state index in [1.54, 1.807) is 6.07 Å². The summed E-state index contributed by atoms with van der Waals surface area (Å²) in [5, 5.41) is 11.9. The molecule has 0 fully saturated rings. The summed E-state index contributed by atoms with van der Waals surface area (Å²) in [6.45, 7) is 2.63. The molecule has 1 heterocycles. The Hall–Kier alpha value is -2.23. The third kappa shape index (κ3) is 3.61. The molecule has 0 bridgehead atoms. The van der Waals surface area contributed by atoms with Gasteiger partial charge in [0.15, 0.2) is 0 Å². The minimum absolute atomic E-state index is 0.0323. The van der Waals surface area contributed by atoms with Crippen molar-refractivity contribution in [1.82, 2.24) is 0 Å². The first-order valence-corrected chi connectivity index (χ1v) is 6.34. The van der Waals surface area contributed by atoms with Crippen LogP contribution in [0.25, 0.3) is 0 Å². The summed E-state index contributed by atoms with van der Waals surface area (Å²) in [5.74, 6) is -0.472. The highest BCUT2D eigenvalue weighted by molar-refractivity contribution is 5.84. The predicted octanol–water partition coefficient (Wildman–Crippen LogP) is 3.54. The quantitative estimate of drug-likeness (QED) is 0.832. The van der Waals surface area contributed by atoms with Gasteiger partial charge in [-0.2, -0.15) is 0 Å². The smallest absolute Gasteiger partial charge is 0.371 e. The molecule has 4 nitrogen and oxygen atoms in total. The standard InChI is InChI=1S/C15H17NO3/c1-2-3-11-4-6-12(7-5-11)16-10-13-8-9-14(19-13)15(17)18/h4-9,16H,2-3,10H2,1H3,(H,17,18). The summed E-state index contributed by atoms with van der Waals surface area (Å²) in [7, 11) is 0. The van der Waals surface area contributed by atoms with E-state index in [0.717, 1.165) is 18.5 Å². The molecule has 1 aromatic carbocycles. The second-order valence-corrected chi connectivity index (χ2v) is 4.37. The molecular weight excluding hydrogens is 242 g/mol. The average Bonchev–Trinajstić information content (AvgIpc) is 2.87. The Morgan fingerprint density at radius 3 is 2.53 bits per heavy atom. The van der Waals surface area contributed by atoms with Crippen LogP contribution in [0.5, 0.6) is 0 Å². The monoisotopic (exact) mass is 259 g/mol. The van der Waals surface area contributed by atoms with E-state index in [-0.39, 0.29) is 5.76 Å². The number of nitrogens with one attached hydrogen (secondary N) is 1. The van der Waals surface area contributed by atoms with Crippen LogP contribution in [0.4, 0.5) is 5.69 Å². The molecule has 0 aliphatic carbocycles. The maximum absolute atomic E-state index is 10.7. The Morgan fingerprint density at radius 2 is 1.95 bits per heavy atom. The highest BCUT2D eigenvalue weighted by Crippen LogP contribution is 2.14. The number of rotatable bonds is 6. The zero-order valence-electron chi connectivity index (χ0n) is 10.8. The molecule has 0 unspecified atom stereocenters. The summed E-state index contributed by atoms with van der Waals surface area (Å²) in [6.07, 6.45) is 2.22. The van der Waals surface area contributed by atoms with Crippen LogP contribution < -0.4 is 5.32 Å². The normalized spacial score (nSPS) is 10.4. The number of anilines is 1. The van der Waals surface area contributed by atoms with Gasteiger partial charge in [0, 0.05) is 5.69 Å². The van der Waals surface area contributed by atoms with Gasteiger partial charge in [-0.25, -0.2) is 4.79 Å². The van der Waals surface area contributed by atoms with E-state index in [4.69, 9.17) is 9.52 Å². The lowest BCUT2D eigenvalue weighted by atomic mass is 10.1. The molecular formula is C15H17NO3. The maximum Gasteiger partial charge on any atom is 0.371 e. The number of benzene rings is 1. The average molecular weight is 259 g/mol. The number of aromatic carboxylic acids is 1. The molecule has 0 aliphatic rings. The molecule has 0 radical (unpaired) electrons. The van der Waals surface area contributed by atoms with Crippen LogP contribution in [0, 0.1) is 0 Å². The van der Waals surface area contributed by atoms with Gasteiger partial charge in [0.2, 0.25) is 5.76 Å². The summed E-state index contributed by atoms with van der Waals surface area (Å²) in [5.41, 5.74) is 2.31. The lowest BCUT2D eigenvalue weighted by Gasteiger charge is -2.05. The Labute approximate surface area is 112 Å². The minimum Gasteiger partial charge on any atom is -0.475 e. The highest BCUT2D eigenvalue weighted by atomic mass is 16.4. The molecule has 0 atom stereocenters. The number of hydrogen-bond acceptors (Lipinski definition) is 3. The molecule has 2 N–H and O–H groups in total. The van der Waals surface area contributed by atoms with Gasteiger partial charge in [0.1, 0.15) is 5.76 Å². The van der Waals surface area contributed by atoms with Crippen LogP contribution in [0.2, 0.25) is 0 Å². The van der Waals surface area contributed by atoms with Crippen LogP contribution in [0.15, 0.2) is 40.8 Å². The number of hydrogen-bond donors (Lipinski definition) is 2. The van der Waals surface area contributed by atoms with Crippen molar-refractivity contribution in [3.63, 3.8) is 0 Å². The first-order chi connectivity index (χ1) is 9.19. The van der Waals surface area contributed by atoms with Gasteiger partial charge in [-0.1, -0.05) is 25.5 Å². The van der Waals surface area contributed by atoms with Crippen LogP contribution in [-0.2, 0) is 13.0 Å². The molecule has 0 spiro atoms. The molecule has 2 rings (SSSR count). The van der Waals surface area contributed by atoms with Crippen LogP contribution >= 0.6 is 0 Å². The predicted molar refractivity (Wildman–Crippen MR) is 73.4 cm³/mol. The molecule has 0 saturated heterocycles. The van der Waals surface area contributed by atoms with E-state index in [1.165, 1.54) is 11.6 Å². The van der Waals surface area contributed by atoms with Crippen molar-refractivity contribution in [3.05, 3.63) is 53.5 Å². The van der Waals surface area contributed by atoms with Crippen LogP contribution in [-0.4, -0.2) is 11.1 Å². The zero-order valence-corrected chi connectivity index (χ0v) is 10.8. The minimum atomic E-state index is -1.05. The fraction of sp³-hybridized carbons (Fsp3) is 0.267. The molecule has 19 heavy (non-hydrogen) atoms. The summed E-state index contributed by atoms with van der Waals surface area (Å²) < 4.78 is 5.17. The number of carboxylic acid groups (broad SMARTS) is 1. The van der Waals surface area contributed by atoms with Crippen molar-refractivity contribution >= 4 is 11.7 Å². The molecule has 0 aliphatic heterocycles. The van der Waals surface area contributed by atoms with E-state index < -0.39 is 5.97 Å². The van der Waals surface area contributed by atoms with Gasteiger partial charge in [0.25, 0.3) is 0 Å². The van der Waals surface area contributed by atoms with Gasteiger partial charge in [-0.3, -0.25) is 0 Å². The SMILES string of the molecule is CCCc1ccc(NCc2ccc(C(=O)O)o2)cc1. The van der Waals surface area contributed by atoms with Crippen LogP contribution in [0.1, 0.15) is 35.2 Å². The largest absolute Gasteiger partial charge is 0.475 e. The molecule has 1 aromatic heterocycles. The maximum atomic E-state index is 10.7. The first-order valence-electron chi connectivity index (χ1n) is 6.34. The van der Waals surface area contributed by atoms with Gasteiger partial charge < -0.3 is 14.8 Å². The fourth-order valence-electron chi connectivity index (χ4n) is 1.85. The molecule has 2 aromatic rings. The van der Waals surface area contributed by atoms with E-state index in [0.29, 0.717) is 12.3 Å². The lowest BCUT2D eigenvalue weighted by molar-refractivity contribution is 0.0660. The van der Waals surface area contributed by atoms with Gasteiger partial charge in [-0.05, 0) is 36.2 Å². The van der Waals surface area contributed by atoms with Crippen molar-refractivity contribution in [2.75, 3.05) is 5.32 Å². The first kappa shape index (κ1) is 13.2. The fourth-order valence-corrected chi connectivity index (χ4v) is 1.85. The van der Waals surface area contributed by atoms with E-state index in [2.05, 4.69) is 24.4 Å². The van der Waals surface area contributed by atoms with Crippen molar-refractivity contribution < 1.29 is 14.3 Å². The number of carboxylic acids is 1. The molecule has 100 valence electrons. The van der Waals surface area contributed by atoms with E-state index in [1.807, 2.05) is 12.1 Å². The zero-order chi connectivity index (χ0) is 13.7.